The molecular weight excluding hydrogens is 268 g/mol. The van der Waals surface area contributed by atoms with E-state index < -0.39 is 35.3 Å². The molecule has 0 aliphatic rings. The monoisotopic (exact) mass is 284 g/mol. The fourth-order valence-electron chi connectivity index (χ4n) is 1.45. The molecule has 0 saturated heterocycles. The lowest BCUT2D eigenvalue weighted by molar-refractivity contribution is -0.155. The molecule has 110 valence electrons. The van der Waals surface area contributed by atoms with Gasteiger partial charge in [-0.15, -0.1) is 0 Å². The Morgan fingerprint density at radius 3 is 2.40 bits per heavy atom. The van der Waals surface area contributed by atoms with Gasteiger partial charge in [-0.2, -0.15) is 0 Å². The van der Waals surface area contributed by atoms with Gasteiger partial charge in [-0.25, -0.2) is 9.59 Å². The third kappa shape index (κ3) is 4.08. The molecule has 0 bridgehead atoms. The second kappa shape index (κ2) is 5.72. The summed E-state index contributed by atoms with van der Waals surface area (Å²) in [6.45, 7) is 4.50. The molecule has 0 radical (unpaired) electrons. The van der Waals surface area contributed by atoms with Crippen LogP contribution in [0.25, 0.3) is 0 Å². The minimum Gasteiger partial charge on any atom is -0.464 e. The Bertz CT molecular complexity index is 635. The van der Waals surface area contributed by atoms with Gasteiger partial charge in [0.15, 0.2) is 0 Å². The average molecular weight is 284 g/mol. The number of aromatic amines is 1. The van der Waals surface area contributed by atoms with E-state index in [0.29, 0.717) is 0 Å². The number of carbonyl (C=O) groups is 2. The lowest BCUT2D eigenvalue weighted by atomic mass is 10.2. The number of nitrogens with one attached hydrogen (secondary N) is 1. The van der Waals surface area contributed by atoms with Gasteiger partial charge in [0.05, 0.1) is 7.11 Å². The first kappa shape index (κ1) is 15.7. The van der Waals surface area contributed by atoms with E-state index in [2.05, 4.69) is 4.74 Å². The summed E-state index contributed by atoms with van der Waals surface area (Å²) < 4.78 is 10.3. The Kier molecular flexibility index (Phi) is 4.49. The lowest BCUT2D eigenvalue weighted by Gasteiger charge is -2.20. The molecule has 0 aliphatic carbocycles. The number of aromatic nitrogens is 2. The Hall–Kier alpha value is -2.38. The minimum absolute atomic E-state index is 0.313. The second-order valence-electron chi connectivity index (χ2n) is 4.99. The molecule has 0 amide bonds. The molecule has 0 saturated carbocycles. The van der Waals surface area contributed by atoms with Gasteiger partial charge in [0.25, 0.3) is 5.56 Å². The lowest BCUT2D eigenvalue weighted by Crippen LogP contribution is -2.37. The Labute approximate surface area is 114 Å². The third-order valence-electron chi connectivity index (χ3n) is 2.14. The van der Waals surface area contributed by atoms with Crippen LogP contribution in [0.1, 0.15) is 31.3 Å². The van der Waals surface area contributed by atoms with E-state index in [0.717, 1.165) is 17.7 Å². The van der Waals surface area contributed by atoms with Crippen LogP contribution in [0.15, 0.2) is 15.7 Å². The Morgan fingerprint density at radius 1 is 1.30 bits per heavy atom. The van der Waals surface area contributed by atoms with Crippen molar-refractivity contribution in [3.05, 3.63) is 32.6 Å². The van der Waals surface area contributed by atoms with Gasteiger partial charge in [0.1, 0.15) is 17.8 Å². The highest BCUT2D eigenvalue weighted by Gasteiger charge is 2.21. The summed E-state index contributed by atoms with van der Waals surface area (Å²) in [7, 11) is 1.10. The zero-order valence-corrected chi connectivity index (χ0v) is 11.7. The van der Waals surface area contributed by atoms with Crippen LogP contribution in [0.3, 0.4) is 0 Å². The van der Waals surface area contributed by atoms with Gasteiger partial charge in [-0.1, -0.05) is 0 Å². The summed E-state index contributed by atoms with van der Waals surface area (Å²) in [6.07, 6.45) is 0. The number of nitrogens with zero attached hydrogens (tertiary/aromatic N) is 1. The van der Waals surface area contributed by atoms with E-state index in [9.17, 15) is 19.2 Å². The third-order valence-corrected chi connectivity index (χ3v) is 2.14. The smallest absolute Gasteiger partial charge is 0.355 e. The number of hydrogen-bond donors (Lipinski definition) is 1. The van der Waals surface area contributed by atoms with Crippen LogP contribution in [0, 0.1) is 0 Å². The maximum absolute atomic E-state index is 11.7. The van der Waals surface area contributed by atoms with E-state index in [-0.39, 0.29) is 5.69 Å². The van der Waals surface area contributed by atoms with Crippen molar-refractivity contribution >= 4 is 11.9 Å². The molecule has 0 aromatic carbocycles. The van der Waals surface area contributed by atoms with E-state index in [1.165, 1.54) is 0 Å². The summed E-state index contributed by atoms with van der Waals surface area (Å²) in [5.74, 6) is -1.60. The zero-order valence-electron chi connectivity index (χ0n) is 11.7. The molecular formula is C12H16N2O6. The first-order valence-electron chi connectivity index (χ1n) is 5.78. The summed E-state index contributed by atoms with van der Waals surface area (Å²) in [6, 6.07) is 0.887. The molecule has 1 rings (SSSR count). The normalized spacial score (nSPS) is 11.0. The molecule has 0 spiro atoms. The standard InChI is InChI=1S/C12H16N2O6/c1-12(2,3)20-9(16)6-14-7(10(17)19-4)5-8(15)13-11(14)18/h5H,6H2,1-4H3,(H,13,15,18). The first-order chi connectivity index (χ1) is 9.14. The molecule has 8 nitrogen and oxygen atoms in total. The number of carbonyl (C=O) groups excluding carboxylic acids is 2. The van der Waals surface area contributed by atoms with Crippen LogP contribution in [0.4, 0.5) is 0 Å². The van der Waals surface area contributed by atoms with Gasteiger partial charge in [-0.05, 0) is 20.8 Å². The molecule has 0 fully saturated rings. The van der Waals surface area contributed by atoms with Crippen molar-refractivity contribution in [2.45, 2.75) is 32.9 Å². The molecule has 8 heteroatoms. The summed E-state index contributed by atoms with van der Waals surface area (Å²) >= 11 is 0. The molecule has 1 N–H and O–H groups in total. The summed E-state index contributed by atoms with van der Waals surface area (Å²) in [5, 5.41) is 0. The van der Waals surface area contributed by atoms with Crippen molar-refractivity contribution in [3.63, 3.8) is 0 Å². The maximum atomic E-state index is 11.7. The van der Waals surface area contributed by atoms with Gasteiger partial charge < -0.3 is 9.47 Å². The SMILES string of the molecule is COC(=O)c1cc(=O)[nH]c(=O)n1CC(=O)OC(C)(C)C. The van der Waals surface area contributed by atoms with Gasteiger partial charge in [0.2, 0.25) is 0 Å². The number of methoxy groups -OCH3 is 1. The van der Waals surface area contributed by atoms with Gasteiger partial charge >= 0.3 is 17.6 Å². The molecule has 20 heavy (non-hydrogen) atoms. The van der Waals surface area contributed by atoms with Crippen LogP contribution in [0.2, 0.25) is 0 Å². The summed E-state index contributed by atoms with van der Waals surface area (Å²) in [5.41, 5.74) is -2.68. The molecule has 0 aliphatic heterocycles. The number of esters is 2. The highest BCUT2D eigenvalue weighted by atomic mass is 16.6. The largest absolute Gasteiger partial charge is 0.464 e. The van der Waals surface area contributed by atoms with Crippen LogP contribution in [-0.2, 0) is 20.8 Å². The second-order valence-corrected chi connectivity index (χ2v) is 4.99. The molecule has 0 unspecified atom stereocenters. The number of hydrogen-bond acceptors (Lipinski definition) is 6. The van der Waals surface area contributed by atoms with Crippen molar-refractivity contribution in [2.24, 2.45) is 0 Å². The molecule has 1 heterocycles. The van der Waals surface area contributed by atoms with Crippen LogP contribution in [-0.4, -0.2) is 34.2 Å². The van der Waals surface area contributed by atoms with Crippen LogP contribution < -0.4 is 11.2 Å². The topological polar surface area (TPSA) is 107 Å². The van der Waals surface area contributed by atoms with Crippen LogP contribution in [0.5, 0.6) is 0 Å². The van der Waals surface area contributed by atoms with Crippen LogP contribution >= 0.6 is 0 Å². The van der Waals surface area contributed by atoms with E-state index in [1.807, 2.05) is 4.98 Å². The first-order valence-corrected chi connectivity index (χ1v) is 5.78. The van der Waals surface area contributed by atoms with E-state index >= 15 is 0 Å². The number of H-pyrrole nitrogens is 1. The Balaban J connectivity index is 3.18. The summed E-state index contributed by atoms with van der Waals surface area (Å²) in [4.78, 5) is 48.1. The van der Waals surface area contributed by atoms with Crippen molar-refractivity contribution in [2.75, 3.05) is 7.11 Å². The average Bonchev–Trinajstić information content (AvgIpc) is 2.29. The van der Waals surface area contributed by atoms with Crippen molar-refractivity contribution < 1.29 is 19.1 Å². The highest BCUT2D eigenvalue weighted by Crippen LogP contribution is 2.07. The Morgan fingerprint density at radius 2 is 1.90 bits per heavy atom. The van der Waals surface area contributed by atoms with Crippen molar-refractivity contribution in [1.82, 2.24) is 9.55 Å². The molecule has 0 atom stereocenters. The van der Waals surface area contributed by atoms with Crippen molar-refractivity contribution in [1.29, 1.82) is 0 Å². The minimum atomic E-state index is -0.892. The molecule has 1 aromatic rings. The van der Waals surface area contributed by atoms with Gasteiger partial charge in [0, 0.05) is 6.07 Å². The quantitative estimate of drug-likeness (QED) is 0.761. The predicted octanol–water partition coefficient (Wildman–Crippen LogP) is -0.335. The molecule has 1 aromatic heterocycles. The number of rotatable bonds is 3. The van der Waals surface area contributed by atoms with E-state index in [1.54, 1.807) is 20.8 Å². The van der Waals surface area contributed by atoms with Crippen molar-refractivity contribution in [3.8, 4) is 0 Å². The maximum Gasteiger partial charge on any atom is 0.355 e. The van der Waals surface area contributed by atoms with E-state index in [4.69, 9.17) is 4.74 Å². The predicted molar refractivity (Wildman–Crippen MR) is 68.5 cm³/mol. The van der Waals surface area contributed by atoms with Gasteiger partial charge in [-0.3, -0.25) is 19.1 Å². The zero-order chi connectivity index (χ0) is 15.5. The fourth-order valence-corrected chi connectivity index (χ4v) is 1.45. The highest BCUT2D eigenvalue weighted by molar-refractivity contribution is 5.87. The fraction of sp³-hybridized carbons (Fsp3) is 0.500. The number of ether oxygens (including phenoxy) is 2.